The zero-order valence-corrected chi connectivity index (χ0v) is 12.9. The van der Waals surface area contributed by atoms with Crippen molar-refractivity contribution in [1.82, 2.24) is 0 Å². The van der Waals surface area contributed by atoms with Gasteiger partial charge in [0.1, 0.15) is 11.5 Å². The molecule has 3 aromatic rings. The molecule has 0 aromatic heterocycles. The number of anilines is 1. The number of aldehydes is 1. The zero-order valence-electron chi connectivity index (χ0n) is 12.9. The second-order valence-electron chi connectivity index (χ2n) is 5.21. The molecule has 0 radical (unpaired) electrons. The number of rotatable bonds is 4. The highest BCUT2D eigenvalue weighted by Crippen LogP contribution is 2.30. The summed E-state index contributed by atoms with van der Waals surface area (Å²) in [7, 11) is 1.56. The zero-order chi connectivity index (χ0) is 17.1. The highest BCUT2D eigenvalue weighted by atomic mass is 16.5. The fourth-order valence-electron chi connectivity index (χ4n) is 2.53. The minimum atomic E-state index is -0.494. The lowest BCUT2D eigenvalue weighted by molar-refractivity contribution is 0.102. The first kappa shape index (κ1) is 15.6. The van der Waals surface area contributed by atoms with Crippen molar-refractivity contribution in [3.05, 3.63) is 65.7 Å². The molecule has 0 aliphatic carbocycles. The maximum Gasteiger partial charge on any atom is 0.259 e. The summed E-state index contributed by atoms with van der Waals surface area (Å²) in [5, 5.41) is 14.3. The molecule has 0 aliphatic rings. The Morgan fingerprint density at radius 1 is 1.12 bits per heavy atom. The average molecular weight is 321 g/mol. The first-order valence-electron chi connectivity index (χ1n) is 7.29. The summed E-state index contributed by atoms with van der Waals surface area (Å²) in [6.07, 6.45) is 0.557. The molecule has 0 unspecified atom stereocenters. The highest BCUT2D eigenvalue weighted by Gasteiger charge is 2.17. The van der Waals surface area contributed by atoms with E-state index in [1.165, 1.54) is 0 Å². The number of ether oxygens (including phenoxy) is 1. The monoisotopic (exact) mass is 321 g/mol. The first-order chi connectivity index (χ1) is 11.6. The molecule has 24 heavy (non-hydrogen) atoms. The summed E-state index contributed by atoms with van der Waals surface area (Å²) in [5.74, 6) is -0.147. The van der Waals surface area contributed by atoms with Crippen molar-refractivity contribution in [2.75, 3.05) is 12.4 Å². The fraction of sp³-hybridized carbons (Fsp3) is 0.0526. The number of benzene rings is 3. The molecule has 120 valence electrons. The van der Waals surface area contributed by atoms with E-state index in [-0.39, 0.29) is 16.9 Å². The smallest absolute Gasteiger partial charge is 0.259 e. The van der Waals surface area contributed by atoms with E-state index in [9.17, 15) is 14.7 Å². The van der Waals surface area contributed by atoms with Gasteiger partial charge in [0, 0.05) is 5.69 Å². The van der Waals surface area contributed by atoms with E-state index in [1.807, 2.05) is 0 Å². The van der Waals surface area contributed by atoms with Crippen LogP contribution in [0.15, 0.2) is 54.6 Å². The van der Waals surface area contributed by atoms with Crippen LogP contribution in [0.3, 0.4) is 0 Å². The topological polar surface area (TPSA) is 75.6 Å². The van der Waals surface area contributed by atoms with Crippen LogP contribution in [0, 0.1) is 0 Å². The predicted molar refractivity (Wildman–Crippen MR) is 91.9 cm³/mol. The number of hydrogen-bond acceptors (Lipinski definition) is 4. The lowest BCUT2D eigenvalue weighted by atomic mass is 9.99. The van der Waals surface area contributed by atoms with Crippen LogP contribution >= 0.6 is 0 Å². The van der Waals surface area contributed by atoms with E-state index in [2.05, 4.69) is 5.32 Å². The molecule has 0 saturated heterocycles. The Kier molecular flexibility index (Phi) is 4.16. The van der Waals surface area contributed by atoms with Crippen molar-refractivity contribution in [2.24, 2.45) is 0 Å². The highest BCUT2D eigenvalue weighted by molar-refractivity contribution is 6.12. The molecular formula is C19H15NO4. The summed E-state index contributed by atoms with van der Waals surface area (Å²) in [6, 6.07) is 15.5. The number of amides is 1. The van der Waals surface area contributed by atoms with E-state index < -0.39 is 5.91 Å². The van der Waals surface area contributed by atoms with Gasteiger partial charge in [-0.3, -0.25) is 9.59 Å². The maximum atomic E-state index is 12.5. The Labute approximate surface area is 138 Å². The lowest BCUT2D eigenvalue weighted by Gasteiger charge is -2.11. The van der Waals surface area contributed by atoms with Crippen LogP contribution in [0.5, 0.6) is 11.5 Å². The molecule has 0 heterocycles. The third-order valence-corrected chi connectivity index (χ3v) is 3.77. The molecule has 3 rings (SSSR count). The van der Waals surface area contributed by atoms with Crippen molar-refractivity contribution in [2.45, 2.75) is 0 Å². The van der Waals surface area contributed by atoms with Crippen LogP contribution in [0.2, 0.25) is 0 Å². The Morgan fingerprint density at radius 2 is 1.83 bits per heavy atom. The number of carbonyl (C=O) groups is 2. The number of phenolic OH excluding ortho intramolecular Hbond substituents is 1. The number of aromatic hydroxyl groups is 1. The van der Waals surface area contributed by atoms with Crippen molar-refractivity contribution < 1.29 is 19.4 Å². The molecular weight excluding hydrogens is 306 g/mol. The van der Waals surface area contributed by atoms with Crippen molar-refractivity contribution >= 4 is 28.7 Å². The maximum absolute atomic E-state index is 12.5. The van der Waals surface area contributed by atoms with Crippen LogP contribution in [-0.2, 0) is 0 Å². The van der Waals surface area contributed by atoms with Gasteiger partial charge in [0.2, 0.25) is 0 Å². The number of fused-ring (bicyclic) bond motifs is 1. The molecule has 0 atom stereocenters. The number of hydrogen-bond donors (Lipinski definition) is 2. The molecule has 0 aliphatic heterocycles. The third kappa shape index (κ3) is 2.79. The Morgan fingerprint density at radius 3 is 2.50 bits per heavy atom. The summed E-state index contributed by atoms with van der Waals surface area (Å²) in [4.78, 5) is 23.8. The normalized spacial score (nSPS) is 10.4. The molecule has 5 heteroatoms. The van der Waals surface area contributed by atoms with E-state index in [0.29, 0.717) is 28.5 Å². The quantitative estimate of drug-likeness (QED) is 0.720. The van der Waals surface area contributed by atoms with E-state index in [4.69, 9.17) is 4.74 Å². The number of nitrogens with one attached hydrogen (secondary N) is 1. The van der Waals surface area contributed by atoms with Crippen LogP contribution in [0.1, 0.15) is 20.7 Å². The van der Waals surface area contributed by atoms with Gasteiger partial charge in [0.15, 0.2) is 6.29 Å². The minimum absolute atomic E-state index is 0.0478. The average Bonchev–Trinajstić information content (AvgIpc) is 2.61. The van der Waals surface area contributed by atoms with E-state index in [0.717, 1.165) is 0 Å². The van der Waals surface area contributed by atoms with Gasteiger partial charge in [0.25, 0.3) is 5.91 Å². The fourth-order valence-corrected chi connectivity index (χ4v) is 2.53. The van der Waals surface area contributed by atoms with Crippen LogP contribution < -0.4 is 10.1 Å². The van der Waals surface area contributed by atoms with Gasteiger partial charge in [-0.1, -0.05) is 24.3 Å². The molecule has 0 saturated carbocycles. The molecule has 0 bridgehead atoms. The second kappa shape index (κ2) is 6.42. The lowest BCUT2D eigenvalue weighted by Crippen LogP contribution is -2.13. The van der Waals surface area contributed by atoms with Gasteiger partial charge in [-0.05, 0) is 41.1 Å². The van der Waals surface area contributed by atoms with Gasteiger partial charge in [0.05, 0.1) is 18.2 Å². The molecule has 0 fully saturated rings. The van der Waals surface area contributed by atoms with Gasteiger partial charge in [-0.25, -0.2) is 0 Å². The molecule has 3 aromatic carbocycles. The van der Waals surface area contributed by atoms with Crippen molar-refractivity contribution in [3.8, 4) is 11.5 Å². The third-order valence-electron chi connectivity index (χ3n) is 3.77. The van der Waals surface area contributed by atoms with Crippen molar-refractivity contribution in [3.63, 3.8) is 0 Å². The second-order valence-corrected chi connectivity index (χ2v) is 5.21. The van der Waals surface area contributed by atoms with Gasteiger partial charge >= 0.3 is 0 Å². The Bertz CT molecular complexity index is 917. The number of methoxy groups -OCH3 is 1. The number of carbonyl (C=O) groups excluding carboxylic acids is 2. The summed E-state index contributed by atoms with van der Waals surface area (Å²) < 4.78 is 5.06. The van der Waals surface area contributed by atoms with Crippen LogP contribution in [0.25, 0.3) is 10.8 Å². The first-order valence-corrected chi connectivity index (χ1v) is 7.29. The summed E-state index contributed by atoms with van der Waals surface area (Å²) >= 11 is 0. The van der Waals surface area contributed by atoms with Crippen LogP contribution in [0.4, 0.5) is 5.69 Å². The van der Waals surface area contributed by atoms with Gasteiger partial charge in [-0.15, -0.1) is 0 Å². The molecule has 1 amide bonds. The van der Waals surface area contributed by atoms with E-state index >= 15 is 0 Å². The SMILES string of the molecule is COc1ccc(NC(=O)c2cc3ccccc3c(C=O)c2O)cc1. The van der Waals surface area contributed by atoms with Crippen molar-refractivity contribution in [1.29, 1.82) is 0 Å². The van der Waals surface area contributed by atoms with Crippen LogP contribution in [-0.4, -0.2) is 24.4 Å². The van der Waals surface area contributed by atoms with Gasteiger partial charge in [-0.2, -0.15) is 0 Å². The molecule has 0 spiro atoms. The number of phenols is 1. The summed E-state index contributed by atoms with van der Waals surface area (Å²) in [5.41, 5.74) is 0.709. The molecule has 5 nitrogen and oxygen atoms in total. The minimum Gasteiger partial charge on any atom is -0.506 e. The summed E-state index contributed by atoms with van der Waals surface area (Å²) in [6.45, 7) is 0. The largest absolute Gasteiger partial charge is 0.506 e. The molecule has 2 N–H and O–H groups in total. The Balaban J connectivity index is 1.99. The predicted octanol–water partition coefficient (Wildman–Crippen LogP) is 3.62. The van der Waals surface area contributed by atoms with Gasteiger partial charge < -0.3 is 15.2 Å². The Hall–Kier alpha value is -3.34. The standard InChI is InChI=1S/C19H15NO4/c1-24-14-8-6-13(7-9-14)20-19(23)16-10-12-4-2-3-5-15(12)17(11-21)18(16)22/h2-11,22H,1H3,(H,20,23). The van der Waals surface area contributed by atoms with E-state index in [1.54, 1.807) is 61.7 Å².